The Balaban J connectivity index is 0.906. The van der Waals surface area contributed by atoms with Gasteiger partial charge in [0.05, 0.1) is 6.42 Å². The zero-order valence-electron chi connectivity index (χ0n) is 28.1. The summed E-state index contributed by atoms with van der Waals surface area (Å²) in [6.45, 7) is 6.14. The van der Waals surface area contributed by atoms with Crippen LogP contribution in [0.25, 0.3) is 0 Å². The standard InChI is InChI=1S/C36H45FN8O3S/c1-42(2)30-23-45(24-30)29-12-17-43(18-13-29)28-14-19-44(20-15-28)36(47)40-33-22-32(11-16-38-33)48-31-9-7-27(8-10-31)39-35(49)41-34(46)21-25-3-5-26(37)6-4-25/h3-11,16,22,28-30H,12-15,17-21,23-24H2,1-2H3,(H,38,40,47)(H2,39,41,46,49). The van der Waals surface area contributed by atoms with Crippen LogP contribution in [0.15, 0.2) is 66.9 Å². The molecule has 0 bridgehead atoms. The minimum atomic E-state index is -0.353. The van der Waals surface area contributed by atoms with E-state index in [4.69, 9.17) is 17.0 Å². The molecule has 13 heteroatoms. The number of nitrogens with zero attached hydrogens (tertiary/aromatic N) is 5. The first kappa shape index (κ1) is 34.7. The number of anilines is 2. The van der Waals surface area contributed by atoms with Crippen LogP contribution in [0.5, 0.6) is 11.5 Å². The molecule has 260 valence electrons. The zero-order valence-corrected chi connectivity index (χ0v) is 28.9. The van der Waals surface area contributed by atoms with E-state index >= 15 is 0 Å². The molecule has 2 aromatic carbocycles. The van der Waals surface area contributed by atoms with Gasteiger partial charge < -0.3 is 30.1 Å². The Morgan fingerprint density at radius 3 is 2.20 bits per heavy atom. The lowest BCUT2D eigenvalue weighted by Crippen LogP contribution is -2.62. The quantitative estimate of drug-likeness (QED) is 0.274. The third kappa shape index (κ3) is 9.50. The number of piperidine rings is 2. The minimum Gasteiger partial charge on any atom is -0.457 e. The molecule has 3 saturated heterocycles. The molecule has 6 rings (SSSR count). The molecule has 49 heavy (non-hydrogen) atoms. The Morgan fingerprint density at radius 2 is 1.53 bits per heavy atom. The largest absolute Gasteiger partial charge is 0.457 e. The third-order valence-corrected chi connectivity index (χ3v) is 9.95. The van der Waals surface area contributed by atoms with Gasteiger partial charge in [0.2, 0.25) is 5.91 Å². The molecule has 3 amide bonds. The van der Waals surface area contributed by atoms with E-state index in [0.29, 0.717) is 46.7 Å². The number of ether oxygens (including phenoxy) is 1. The Kier molecular flexibility index (Phi) is 11.3. The molecule has 11 nitrogen and oxygen atoms in total. The summed E-state index contributed by atoms with van der Waals surface area (Å²) in [4.78, 5) is 39.2. The highest BCUT2D eigenvalue weighted by molar-refractivity contribution is 7.80. The number of hydrogen-bond donors (Lipinski definition) is 3. The van der Waals surface area contributed by atoms with Crippen LogP contribution in [0.1, 0.15) is 31.2 Å². The van der Waals surface area contributed by atoms with Gasteiger partial charge in [-0.1, -0.05) is 12.1 Å². The normalized spacial score (nSPS) is 18.2. The van der Waals surface area contributed by atoms with Gasteiger partial charge in [0.15, 0.2) is 5.11 Å². The number of amides is 3. The summed E-state index contributed by atoms with van der Waals surface area (Å²) in [5, 5.41) is 8.69. The number of likely N-dealkylation sites (tertiary alicyclic amines) is 3. The van der Waals surface area contributed by atoms with Gasteiger partial charge in [0.25, 0.3) is 0 Å². The minimum absolute atomic E-state index is 0.0816. The first-order valence-corrected chi connectivity index (χ1v) is 17.4. The second-order valence-electron chi connectivity index (χ2n) is 13.3. The lowest BCUT2D eigenvalue weighted by Gasteiger charge is -2.50. The van der Waals surface area contributed by atoms with E-state index in [2.05, 4.69) is 49.7 Å². The number of carbonyl (C=O) groups excluding carboxylic acids is 2. The van der Waals surface area contributed by atoms with E-state index < -0.39 is 0 Å². The van der Waals surface area contributed by atoms with Crippen molar-refractivity contribution in [3.05, 3.63) is 78.2 Å². The molecule has 0 spiro atoms. The molecular weight excluding hydrogens is 644 g/mol. The molecule has 0 atom stereocenters. The average molecular weight is 689 g/mol. The van der Waals surface area contributed by atoms with E-state index in [1.807, 2.05) is 4.90 Å². The molecule has 0 saturated carbocycles. The maximum Gasteiger partial charge on any atom is 0.323 e. The Hall–Kier alpha value is -4.17. The van der Waals surface area contributed by atoms with Crippen molar-refractivity contribution in [1.82, 2.24) is 29.9 Å². The van der Waals surface area contributed by atoms with Crippen LogP contribution >= 0.6 is 12.2 Å². The molecule has 3 fully saturated rings. The molecule has 0 radical (unpaired) electrons. The fourth-order valence-electron chi connectivity index (χ4n) is 6.76. The summed E-state index contributed by atoms with van der Waals surface area (Å²) in [5.74, 6) is 0.879. The van der Waals surface area contributed by atoms with Crippen molar-refractivity contribution >= 4 is 40.8 Å². The lowest BCUT2D eigenvalue weighted by atomic mass is 9.94. The molecule has 3 aliphatic heterocycles. The summed E-state index contributed by atoms with van der Waals surface area (Å²) in [6.07, 6.45) is 6.13. The van der Waals surface area contributed by atoms with Crippen molar-refractivity contribution in [1.29, 1.82) is 0 Å². The van der Waals surface area contributed by atoms with E-state index in [-0.39, 0.29) is 29.3 Å². The van der Waals surface area contributed by atoms with Gasteiger partial charge in [-0.25, -0.2) is 14.2 Å². The van der Waals surface area contributed by atoms with Gasteiger partial charge in [-0.2, -0.15) is 0 Å². The van der Waals surface area contributed by atoms with E-state index in [1.165, 1.54) is 38.1 Å². The Labute approximate surface area is 292 Å². The summed E-state index contributed by atoms with van der Waals surface area (Å²) < 4.78 is 19.1. The van der Waals surface area contributed by atoms with Gasteiger partial charge in [-0.05, 0) is 113 Å². The molecule has 3 aliphatic rings. The number of pyridine rings is 1. The molecule has 3 aromatic rings. The summed E-state index contributed by atoms with van der Waals surface area (Å²) in [5.41, 5.74) is 1.35. The van der Waals surface area contributed by atoms with Gasteiger partial charge in [0, 0.05) is 62.3 Å². The first-order chi connectivity index (χ1) is 23.7. The fraction of sp³-hybridized carbons (Fsp3) is 0.444. The molecule has 0 aliphatic carbocycles. The molecular formula is C36H45FN8O3S. The topological polar surface area (TPSA) is 105 Å². The smallest absolute Gasteiger partial charge is 0.323 e. The number of carbonyl (C=O) groups is 2. The van der Waals surface area contributed by atoms with Gasteiger partial charge in [-0.15, -0.1) is 0 Å². The van der Waals surface area contributed by atoms with Crippen LogP contribution in [0.3, 0.4) is 0 Å². The van der Waals surface area contributed by atoms with Crippen LogP contribution in [0, 0.1) is 5.82 Å². The van der Waals surface area contributed by atoms with Gasteiger partial charge in [-0.3, -0.25) is 15.0 Å². The second kappa shape index (κ2) is 16.0. The first-order valence-electron chi connectivity index (χ1n) is 17.0. The van der Waals surface area contributed by atoms with E-state index in [0.717, 1.165) is 39.0 Å². The molecule has 4 heterocycles. The number of aromatic nitrogens is 1. The Bertz CT molecular complexity index is 1590. The SMILES string of the molecule is CN(C)C1CN(C2CCN(C3CCN(C(=O)Nc4cc(Oc5ccc(NC(=S)NC(=O)Cc6ccc(F)cc6)cc5)ccn4)CC3)CC2)C1. The van der Waals surface area contributed by atoms with Crippen molar-refractivity contribution < 1.29 is 18.7 Å². The molecule has 1 aromatic heterocycles. The van der Waals surface area contributed by atoms with Crippen molar-refractivity contribution in [2.45, 2.75) is 50.2 Å². The predicted molar refractivity (Wildman–Crippen MR) is 192 cm³/mol. The van der Waals surface area contributed by atoms with Crippen LogP contribution in [-0.2, 0) is 11.2 Å². The van der Waals surface area contributed by atoms with Crippen LogP contribution < -0.4 is 20.7 Å². The van der Waals surface area contributed by atoms with Crippen molar-refractivity contribution in [3.8, 4) is 11.5 Å². The molecule has 3 N–H and O–H groups in total. The van der Waals surface area contributed by atoms with Crippen molar-refractivity contribution in [2.75, 3.05) is 64.0 Å². The highest BCUT2D eigenvalue weighted by Gasteiger charge is 2.36. The number of likely N-dealkylation sites (N-methyl/N-ethyl adjacent to an activating group) is 1. The number of benzene rings is 2. The van der Waals surface area contributed by atoms with E-state index in [9.17, 15) is 14.0 Å². The highest BCUT2D eigenvalue weighted by Crippen LogP contribution is 2.28. The lowest BCUT2D eigenvalue weighted by molar-refractivity contribution is -0.119. The number of rotatable bonds is 9. The van der Waals surface area contributed by atoms with Crippen molar-refractivity contribution in [3.63, 3.8) is 0 Å². The number of hydrogen-bond acceptors (Lipinski definition) is 8. The van der Waals surface area contributed by atoms with Gasteiger partial charge in [0.1, 0.15) is 23.1 Å². The maximum absolute atomic E-state index is 13.1. The zero-order chi connectivity index (χ0) is 34.3. The maximum atomic E-state index is 13.1. The third-order valence-electron chi connectivity index (χ3n) is 9.75. The number of urea groups is 1. The highest BCUT2D eigenvalue weighted by atomic mass is 32.1. The van der Waals surface area contributed by atoms with Crippen LogP contribution in [0.4, 0.5) is 20.7 Å². The summed E-state index contributed by atoms with van der Waals surface area (Å²) in [7, 11) is 4.35. The van der Waals surface area contributed by atoms with Crippen LogP contribution in [0.2, 0.25) is 0 Å². The number of halogens is 1. The van der Waals surface area contributed by atoms with Gasteiger partial charge >= 0.3 is 6.03 Å². The fourth-order valence-corrected chi connectivity index (χ4v) is 6.99. The average Bonchev–Trinajstić information content (AvgIpc) is 3.06. The monoisotopic (exact) mass is 688 g/mol. The van der Waals surface area contributed by atoms with E-state index in [1.54, 1.807) is 54.7 Å². The number of thiocarbonyl (C=S) groups is 1. The van der Waals surface area contributed by atoms with Crippen LogP contribution in [-0.4, -0.2) is 113 Å². The van der Waals surface area contributed by atoms with Crippen molar-refractivity contribution in [2.24, 2.45) is 0 Å². The Morgan fingerprint density at radius 1 is 0.878 bits per heavy atom. The predicted octanol–water partition coefficient (Wildman–Crippen LogP) is 4.78. The summed E-state index contributed by atoms with van der Waals surface area (Å²) in [6, 6.07) is 18.1. The second-order valence-corrected chi connectivity index (χ2v) is 13.7. The summed E-state index contributed by atoms with van der Waals surface area (Å²) >= 11 is 5.26. The number of nitrogens with one attached hydrogen (secondary N) is 3. The molecule has 0 unspecified atom stereocenters.